The summed E-state index contributed by atoms with van der Waals surface area (Å²) in [4.78, 5) is 26.3. The first-order valence-electron chi connectivity index (χ1n) is 5.13. The summed E-state index contributed by atoms with van der Waals surface area (Å²) in [5.74, 6) is -2.87. The van der Waals surface area contributed by atoms with Crippen molar-refractivity contribution in [3.63, 3.8) is 0 Å². The molecule has 92 valence electrons. The molecule has 2 N–H and O–H groups in total. The molecule has 0 aromatic carbocycles. The summed E-state index contributed by atoms with van der Waals surface area (Å²) in [5, 5.41) is 18.0. The van der Waals surface area contributed by atoms with Crippen molar-refractivity contribution in [3.8, 4) is 0 Å². The number of ether oxygens (including phenoxy) is 1. The molecule has 0 spiro atoms. The van der Waals surface area contributed by atoms with Crippen LogP contribution in [0, 0.1) is 11.8 Å². The summed E-state index contributed by atoms with van der Waals surface area (Å²) in [6.07, 6.45) is 0.228. The minimum Gasteiger partial charge on any atom is -0.481 e. The van der Waals surface area contributed by atoms with Crippen LogP contribution < -0.4 is 0 Å². The van der Waals surface area contributed by atoms with Gasteiger partial charge in [-0.15, -0.1) is 0 Å². The zero-order valence-electron chi connectivity index (χ0n) is 9.25. The van der Waals surface area contributed by atoms with Crippen LogP contribution in [0.25, 0.3) is 0 Å². The Morgan fingerprint density at radius 3 is 2.62 bits per heavy atom. The highest BCUT2D eigenvalue weighted by molar-refractivity contribution is 5.75. The monoisotopic (exact) mass is 232 g/mol. The van der Waals surface area contributed by atoms with Crippen LogP contribution in [0.2, 0.25) is 0 Å². The topological polar surface area (TPSA) is 93.1 Å². The molecule has 6 heteroatoms. The fraction of sp³-hybridized carbons (Fsp3) is 0.800. The van der Waals surface area contributed by atoms with E-state index < -0.39 is 29.5 Å². The largest absolute Gasteiger partial charge is 0.481 e. The summed E-state index contributed by atoms with van der Waals surface area (Å²) >= 11 is 0. The van der Waals surface area contributed by atoms with Crippen molar-refractivity contribution in [2.24, 2.45) is 11.8 Å². The fourth-order valence-corrected chi connectivity index (χ4v) is 2.32. The summed E-state index contributed by atoms with van der Waals surface area (Å²) in [5.41, 5.74) is -1.42. The standard InChI is InChI=1S/C10H16O6/c1-3-15-7-4-6(5-11)10(2,16-14)8(7)9(12)13/h5-8,14H,3-4H2,1-2H3,(H,12,13). The average molecular weight is 232 g/mol. The van der Waals surface area contributed by atoms with Gasteiger partial charge >= 0.3 is 5.97 Å². The van der Waals surface area contributed by atoms with E-state index in [1.165, 1.54) is 6.92 Å². The third-order valence-electron chi connectivity index (χ3n) is 3.22. The second kappa shape index (κ2) is 4.90. The number of carboxylic acid groups (broad SMARTS) is 1. The molecule has 1 rings (SSSR count). The van der Waals surface area contributed by atoms with E-state index in [2.05, 4.69) is 4.89 Å². The van der Waals surface area contributed by atoms with Crippen LogP contribution in [-0.2, 0) is 19.2 Å². The highest BCUT2D eigenvalue weighted by atomic mass is 17.1. The summed E-state index contributed by atoms with van der Waals surface area (Å²) in [7, 11) is 0. The number of rotatable bonds is 5. The molecule has 0 saturated heterocycles. The van der Waals surface area contributed by atoms with Crippen LogP contribution in [0.3, 0.4) is 0 Å². The number of carboxylic acids is 1. The molecule has 0 aromatic heterocycles. The molecule has 0 aliphatic heterocycles. The first-order valence-corrected chi connectivity index (χ1v) is 5.13. The smallest absolute Gasteiger partial charge is 0.312 e. The van der Waals surface area contributed by atoms with Gasteiger partial charge in [0.25, 0.3) is 0 Å². The van der Waals surface area contributed by atoms with E-state index in [1.807, 2.05) is 0 Å². The third kappa shape index (κ3) is 1.95. The van der Waals surface area contributed by atoms with E-state index in [0.717, 1.165) is 0 Å². The minimum absolute atomic E-state index is 0.241. The highest BCUT2D eigenvalue weighted by Gasteiger charge is 2.58. The lowest BCUT2D eigenvalue weighted by Gasteiger charge is -2.29. The Hall–Kier alpha value is -0.980. The number of aliphatic carboxylic acids is 1. The quantitative estimate of drug-likeness (QED) is 0.408. The predicted molar refractivity (Wildman–Crippen MR) is 52.8 cm³/mol. The number of hydrogen-bond donors (Lipinski definition) is 2. The van der Waals surface area contributed by atoms with E-state index in [4.69, 9.17) is 15.1 Å². The molecular weight excluding hydrogens is 216 g/mol. The van der Waals surface area contributed by atoms with E-state index in [1.54, 1.807) is 6.92 Å². The number of aldehydes is 1. The van der Waals surface area contributed by atoms with Crippen LogP contribution in [0.4, 0.5) is 0 Å². The van der Waals surface area contributed by atoms with Gasteiger partial charge in [-0.1, -0.05) is 0 Å². The Balaban J connectivity index is 3.02. The highest BCUT2D eigenvalue weighted by Crippen LogP contribution is 2.43. The van der Waals surface area contributed by atoms with Gasteiger partial charge in [0.1, 0.15) is 17.8 Å². The Labute approximate surface area is 93.1 Å². The maximum absolute atomic E-state index is 11.1. The van der Waals surface area contributed by atoms with Crippen LogP contribution in [0.15, 0.2) is 0 Å². The summed E-state index contributed by atoms with van der Waals surface area (Å²) < 4.78 is 5.28. The van der Waals surface area contributed by atoms with Crippen molar-refractivity contribution in [2.75, 3.05) is 6.61 Å². The zero-order chi connectivity index (χ0) is 12.3. The number of carbonyl (C=O) groups is 2. The maximum Gasteiger partial charge on any atom is 0.312 e. The minimum atomic E-state index is -1.42. The summed E-state index contributed by atoms with van der Waals surface area (Å²) in [6.45, 7) is 3.50. The average Bonchev–Trinajstić information content (AvgIpc) is 2.52. The van der Waals surface area contributed by atoms with Gasteiger partial charge in [-0.05, 0) is 20.3 Å². The van der Waals surface area contributed by atoms with Gasteiger partial charge in [-0.25, -0.2) is 4.89 Å². The second-order valence-electron chi connectivity index (χ2n) is 4.06. The lowest BCUT2D eigenvalue weighted by atomic mass is 9.86. The molecule has 1 fully saturated rings. The lowest BCUT2D eigenvalue weighted by molar-refractivity contribution is -0.335. The van der Waals surface area contributed by atoms with E-state index >= 15 is 0 Å². The van der Waals surface area contributed by atoms with Crippen LogP contribution in [0.1, 0.15) is 20.3 Å². The molecule has 1 aliphatic rings. The van der Waals surface area contributed by atoms with Gasteiger partial charge in [0.2, 0.25) is 0 Å². The SMILES string of the molecule is CCOC1CC(C=O)C(C)(OO)C1C(=O)O. The normalized spacial score (nSPS) is 38.6. The van der Waals surface area contributed by atoms with Gasteiger partial charge in [0.05, 0.1) is 12.0 Å². The van der Waals surface area contributed by atoms with Crippen molar-refractivity contribution in [1.29, 1.82) is 0 Å². The third-order valence-corrected chi connectivity index (χ3v) is 3.22. The number of carbonyl (C=O) groups excluding carboxylic acids is 1. The molecule has 4 atom stereocenters. The Morgan fingerprint density at radius 1 is 1.62 bits per heavy atom. The van der Waals surface area contributed by atoms with Crippen molar-refractivity contribution in [2.45, 2.75) is 32.0 Å². The Bertz CT molecular complexity index is 278. The molecule has 0 aromatic rings. The fourth-order valence-electron chi connectivity index (χ4n) is 2.32. The molecule has 1 aliphatic carbocycles. The first kappa shape index (κ1) is 13.1. The van der Waals surface area contributed by atoms with Gasteiger partial charge in [0.15, 0.2) is 0 Å². The Kier molecular flexibility index (Phi) is 4.01. The van der Waals surface area contributed by atoms with E-state index in [-0.39, 0.29) is 6.42 Å². The molecule has 0 bridgehead atoms. The van der Waals surface area contributed by atoms with Crippen LogP contribution in [0.5, 0.6) is 0 Å². The molecule has 4 unspecified atom stereocenters. The molecule has 6 nitrogen and oxygen atoms in total. The first-order chi connectivity index (χ1) is 7.51. The van der Waals surface area contributed by atoms with Crippen molar-refractivity contribution >= 4 is 12.3 Å². The number of hydrogen-bond acceptors (Lipinski definition) is 5. The van der Waals surface area contributed by atoms with Crippen molar-refractivity contribution in [1.82, 2.24) is 0 Å². The van der Waals surface area contributed by atoms with Gasteiger partial charge in [0, 0.05) is 6.61 Å². The Morgan fingerprint density at radius 2 is 2.25 bits per heavy atom. The predicted octanol–water partition coefficient (Wildman–Crippen LogP) is 0.559. The zero-order valence-corrected chi connectivity index (χ0v) is 9.25. The molecule has 0 amide bonds. The van der Waals surface area contributed by atoms with E-state index in [9.17, 15) is 9.59 Å². The summed E-state index contributed by atoms with van der Waals surface area (Å²) in [6, 6.07) is 0. The molecule has 0 heterocycles. The van der Waals surface area contributed by atoms with Crippen LogP contribution >= 0.6 is 0 Å². The van der Waals surface area contributed by atoms with Crippen LogP contribution in [-0.4, -0.2) is 40.9 Å². The van der Waals surface area contributed by atoms with Gasteiger partial charge in [-0.2, -0.15) is 0 Å². The molecule has 0 radical (unpaired) electrons. The maximum atomic E-state index is 11.1. The molecule has 16 heavy (non-hydrogen) atoms. The lowest BCUT2D eigenvalue weighted by Crippen LogP contribution is -2.45. The van der Waals surface area contributed by atoms with Gasteiger partial charge in [-0.3, -0.25) is 10.1 Å². The molecular formula is C10H16O6. The van der Waals surface area contributed by atoms with Crippen molar-refractivity contribution in [3.05, 3.63) is 0 Å². The van der Waals surface area contributed by atoms with E-state index in [0.29, 0.717) is 12.9 Å². The van der Waals surface area contributed by atoms with Gasteiger partial charge < -0.3 is 14.6 Å². The molecule has 1 saturated carbocycles. The second-order valence-corrected chi connectivity index (χ2v) is 4.06. The van der Waals surface area contributed by atoms with Crippen molar-refractivity contribution < 1.29 is 29.6 Å².